The van der Waals surface area contributed by atoms with Crippen molar-refractivity contribution in [3.05, 3.63) is 29.3 Å². The molecule has 0 atom stereocenters. The van der Waals surface area contributed by atoms with E-state index in [1.807, 2.05) is 14.0 Å². The molecular weight excluding hydrogens is 232 g/mol. The Balaban J connectivity index is 2.07. The van der Waals surface area contributed by atoms with Crippen molar-refractivity contribution in [3.63, 3.8) is 0 Å². The van der Waals surface area contributed by atoms with Crippen molar-refractivity contribution in [3.8, 4) is 0 Å². The highest BCUT2D eigenvalue weighted by atomic mass is 16.2. The van der Waals surface area contributed by atoms with Crippen molar-refractivity contribution in [2.45, 2.75) is 13.5 Å². The highest BCUT2D eigenvalue weighted by Crippen LogP contribution is 2.10. The lowest BCUT2D eigenvalue weighted by Gasteiger charge is -2.06. The Morgan fingerprint density at radius 2 is 2.00 bits per heavy atom. The van der Waals surface area contributed by atoms with Gasteiger partial charge in [-0.05, 0) is 6.92 Å². The molecule has 0 aliphatic carbocycles. The SMILES string of the molecule is Cc1c(CNC(=O)c2c(N)cnn2C)cnn1C. The van der Waals surface area contributed by atoms with Gasteiger partial charge in [-0.3, -0.25) is 14.2 Å². The van der Waals surface area contributed by atoms with Gasteiger partial charge in [-0.1, -0.05) is 0 Å². The minimum atomic E-state index is -0.240. The number of nitrogens with zero attached hydrogens (tertiary/aromatic N) is 4. The number of carbonyl (C=O) groups is 1. The van der Waals surface area contributed by atoms with Crippen LogP contribution in [0, 0.1) is 6.92 Å². The molecule has 0 radical (unpaired) electrons. The summed E-state index contributed by atoms with van der Waals surface area (Å²) in [6.45, 7) is 2.37. The highest BCUT2D eigenvalue weighted by molar-refractivity contribution is 5.97. The van der Waals surface area contributed by atoms with Gasteiger partial charge < -0.3 is 11.1 Å². The average Bonchev–Trinajstić information content (AvgIpc) is 2.82. The lowest BCUT2D eigenvalue weighted by Crippen LogP contribution is -2.26. The van der Waals surface area contributed by atoms with E-state index in [1.54, 1.807) is 17.9 Å². The van der Waals surface area contributed by atoms with Crippen molar-refractivity contribution in [2.75, 3.05) is 5.73 Å². The Kier molecular flexibility index (Phi) is 3.05. The molecule has 0 saturated heterocycles. The van der Waals surface area contributed by atoms with Gasteiger partial charge in [-0.25, -0.2) is 0 Å². The van der Waals surface area contributed by atoms with E-state index >= 15 is 0 Å². The minimum Gasteiger partial charge on any atom is -0.396 e. The Bertz CT molecular complexity index is 563. The predicted octanol–water partition coefficient (Wildman–Crippen LogP) is -0.0258. The number of rotatable bonds is 3. The van der Waals surface area contributed by atoms with E-state index in [4.69, 9.17) is 5.73 Å². The van der Waals surface area contributed by atoms with Crippen LogP contribution in [0.15, 0.2) is 12.4 Å². The fraction of sp³-hybridized carbons (Fsp3) is 0.364. The molecule has 0 spiro atoms. The summed E-state index contributed by atoms with van der Waals surface area (Å²) in [4.78, 5) is 12.0. The number of aromatic nitrogens is 4. The minimum absolute atomic E-state index is 0.240. The Hall–Kier alpha value is -2.31. The zero-order valence-electron chi connectivity index (χ0n) is 10.6. The van der Waals surface area contributed by atoms with Crippen LogP contribution in [-0.2, 0) is 20.6 Å². The maximum atomic E-state index is 12.0. The third-order valence-electron chi connectivity index (χ3n) is 2.96. The fourth-order valence-electron chi connectivity index (χ4n) is 1.71. The smallest absolute Gasteiger partial charge is 0.271 e. The summed E-state index contributed by atoms with van der Waals surface area (Å²) in [7, 11) is 3.54. The second-order valence-electron chi connectivity index (χ2n) is 4.13. The quantitative estimate of drug-likeness (QED) is 0.798. The van der Waals surface area contributed by atoms with E-state index in [0.29, 0.717) is 17.9 Å². The molecule has 0 bridgehead atoms. The molecule has 2 heterocycles. The van der Waals surface area contributed by atoms with Crippen LogP contribution in [-0.4, -0.2) is 25.5 Å². The van der Waals surface area contributed by atoms with Gasteiger partial charge in [-0.2, -0.15) is 10.2 Å². The predicted molar refractivity (Wildman–Crippen MR) is 66.7 cm³/mol. The molecule has 0 aliphatic rings. The molecule has 96 valence electrons. The van der Waals surface area contributed by atoms with Gasteiger partial charge in [0.05, 0.1) is 18.1 Å². The van der Waals surface area contributed by atoms with Crippen molar-refractivity contribution in [1.82, 2.24) is 24.9 Å². The monoisotopic (exact) mass is 248 g/mol. The summed E-state index contributed by atoms with van der Waals surface area (Å²) < 4.78 is 3.22. The molecule has 0 fully saturated rings. The standard InChI is InChI=1S/C11H16N6O/c1-7-8(5-14-16(7)2)4-13-11(18)10-9(12)6-15-17(10)3/h5-6H,4,12H2,1-3H3,(H,13,18). The third-order valence-corrected chi connectivity index (χ3v) is 2.96. The highest BCUT2D eigenvalue weighted by Gasteiger charge is 2.15. The van der Waals surface area contributed by atoms with Crippen molar-refractivity contribution in [1.29, 1.82) is 0 Å². The molecule has 18 heavy (non-hydrogen) atoms. The summed E-state index contributed by atoms with van der Waals surface area (Å²) >= 11 is 0. The van der Waals surface area contributed by atoms with E-state index in [-0.39, 0.29) is 5.91 Å². The van der Waals surface area contributed by atoms with E-state index in [2.05, 4.69) is 15.5 Å². The van der Waals surface area contributed by atoms with E-state index in [0.717, 1.165) is 11.3 Å². The molecule has 2 aromatic heterocycles. The molecule has 0 aliphatic heterocycles. The van der Waals surface area contributed by atoms with Crippen LogP contribution >= 0.6 is 0 Å². The lowest BCUT2D eigenvalue weighted by atomic mass is 10.2. The Morgan fingerprint density at radius 3 is 2.50 bits per heavy atom. The van der Waals surface area contributed by atoms with Crippen LogP contribution in [0.25, 0.3) is 0 Å². The van der Waals surface area contributed by atoms with Crippen molar-refractivity contribution in [2.24, 2.45) is 14.1 Å². The molecule has 0 aromatic carbocycles. The van der Waals surface area contributed by atoms with Crippen LogP contribution in [0.3, 0.4) is 0 Å². The van der Waals surface area contributed by atoms with Gasteiger partial charge in [0.2, 0.25) is 0 Å². The number of anilines is 1. The van der Waals surface area contributed by atoms with Gasteiger partial charge in [0.25, 0.3) is 5.91 Å². The van der Waals surface area contributed by atoms with Crippen LogP contribution in [0.2, 0.25) is 0 Å². The number of aryl methyl sites for hydroxylation is 2. The number of carbonyl (C=O) groups excluding carboxylic acids is 1. The fourth-order valence-corrected chi connectivity index (χ4v) is 1.71. The molecule has 3 N–H and O–H groups in total. The summed E-state index contributed by atoms with van der Waals surface area (Å²) in [5.74, 6) is -0.240. The first kappa shape index (κ1) is 12.2. The Labute approximate surface area is 105 Å². The molecule has 2 aromatic rings. The first-order valence-corrected chi connectivity index (χ1v) is 5.54. The molecule has 2 rings (SSSR count). The van der Waals surface area contributed by atoms with Gasteiger partial charge >= 0.3 is 0 Å². The number of nitrogens with one attached hydrogen (secondary N) is 1. The second kappa shape index (κ2) is 4.52. The molecule has 7 nitrogen and oxygen atoms in total. The zero-order chi connectivity index (χ0) is 13.3. The van der Waals surface area contributed by atoms with Gasteiger partial charge in [-0.15, -0.1) is 0 Å². The third kappa shape index (κ3) is 2.06. The summed E-state index contributed by atoms with van der Waals surface area (Å²) in [5, 5.41) is 10.8. The van der Waals surface area contributed by atoms with Crippen molar-refractivity contribution >= 4 is 11.6 Å². The second-order valence-corrected chi connectivity index (χ2v) is 4.13. The van der Waals surface area contributed by atoms with Gasteiger partial charge in [0, 0.05) is 31.9 Å². The largest absolute Gasteiger partial charge is 0.396 e. The van der Waals surface area contributed by atoms with Gasteiger partial charge in [0.15, 0.2) is 0 Å². The topological polar surface area (TPSA) is 90.8 Å². The van der Waals surface area contributed by atoms with E-state index in [1.165, 1.54) is 10.9 Å². The number of amides is 1. The van der Waals surface area contributed by atoms with Crippen LogP contribution in [0.5, 0.6) is 0 Å². The maximum Gasteiger partial charge on any atom is 0.271 e. The Morgan fingerprint density at radius 1 is 1.33 bits per heavy atom. The summed E-state index contributed by atoms with van der Waals surface area (Å²) in [6.07, 6.45) is 3.20. The van der Waals surface area contributed by atoms with Crippen LogP contribution in [0.1, 0.15) is 21.7 Å². The molecular formula is C11H16N6O. The first-order valence-electron chi connectivity index (χ1n) is 5.54. The number of nitrogens with two attached hydrogens (primary N) is 1. The number of hydrogen-bond donors (Lipinski definition) is 2. The molecule has 0 unspecified atom stereocenters. The molecule has 0 saturated carbocycles. The molecule has 7 heteroatoms. The first-order chi connectivity index (χ1) is 8.50. The summed E-state index contributed by atoms with van der Waals surface area (Å²) in [5.41, 5.74) is 8.43. The molecule has 1 amide bonds. The number of nitrogen functional groups attached to an aromatic ring is 1. The van der Waals surface area contributed by atoms with E-state index in [9.17, 15) is 4.79 Å². The maximum absolute atomic E-state index is 12.0. The van der Waals surface area contributed by atoms with Crippen molar-refractivity contribution < 1.29 is 4.79 Å². The normalized spacial score (nSPS) is 10.6. The lowest BCUT2D eigenvalue weighted by molar-refractivity contribution is 0.0942. The number of hydrogen-bond acceptors (Lipinski definition) is 4. The average molecular weight is 248 g/mol. The van der Waals surface area contributed by atoms with E-state index < -0.39 is 0 Å². The van der Waals surface area contributed by atoms with Crippen LogP contribution in [0.4, 0.5) is 5.69 Å². The summed E-state index contributed by atoms with van der Waals surface area (Å²) in [6, 6.07) is 0. The zero-order valence-corrected chi connectivity index (χ0v) is 10.6. The van der Waals surface area contributed by atoms with Gasteiger partial charge in [0.1, 0.15) is 5.69 Å². The van der Waals surface area contributed by atoms with Crippen LogP contribution < -0.4 is 11.1 Å².